The summed E-state index contributed by atoms with van der Waals surface area (Å²) in [7, 11) is 1.66. The summed E-state index contributed by atoms with van der Waals surface area (Å²) in [5, 5.41) is 0. The van der Waals surface area contributed by atoms with E-state index in [0.29, 0.717) is 18.3 Å². The minimum absolute atomic E-state index is 0.188. The molecule has 0 radical (unpaired) electrons. The van der Waals surface area contributed by atoms with Crippen molar-refractivity contribution < 1.29 is 9.53 Å². The van der Waals surface area contributed by atoms with Gasteiger partial charge in [0, 0.05) is 24.2 Å². The molecule has 4 nitrogen and oxygen atoms in total. The van der Waals surface area contributed by atoms with Gasteiger partial charge in [-0.05, 0) is 68.7 Å². The minimum Gasteiger partial charge on any atom is -0.497 e. The monoisotopic (exact) mass is 316 g/mol. The van der Waals surface area contributed by atoms with Crippen molar-refractivity contribution in [1.82, 2.24) is 0 Å². The van der Waals surface area contributed by atoms with Crippen LogP contribution in [0.2, 0.25) is 0 Å². The maximum Gasteiger partial charge on any atom is 0.227 e. The van der Waals surface area contributed by atoms with E-state index in [9.17, 15) is 4.79 Å². The lowest BCUT2D eigenvalue weighted by Gasteiger charge is -2.31. The van der Waals surface area contributed by atoms with Crippen LogP contribution in [0.15, 0.2) is 24.3 Å². The molecule has 1 aromatic carbocycles. The van der Waals surface area contributed by atoms with E-state index >= 15 is 0 Å². The third kappa shape index (κ3) is 3.69. The summed E-state index contributed by atoms with van der Waals surface area (Å²) in [6, 6.07) is 8.28. The lowest BCUT2D eigenvalue weighted by molar-refractivity contribution is -0.120. The van der Waals surface area contributed by atoms with E-state index < -0.39 is 0 Å². The molecular weight excluding hydrogens is 288 g/mol. The quantitative estimate of drug-likeness (QED) is 0.875. The Kier molecular flexibility index (Phi) is 4.90. The van der Waals surface area contributed by atoms with Gasteiger partial charge in [-0.25, -0.2) is 0 Å². The van der Waals surface area contributed by atoms with Crippen LogP contribution in [0.3, 0.4) is 0 Å². The molecule has 0 spiro atoms. The first-order chi connectivity index (χ1) is 11.1. The summed E-state index contributed by atoms with van der Waals surface area (Å²) < 4.78 is 5.23. The van der Waals surface area contributed by atoms with Gasteiger partial charge in [0.2, 0.25) is 5.91 Å². The van der Waals surface area contributed by atoms with Crippen molar-refractivity contribution in [2.75, 3.05) is 12.0 Å². The third-order valence-corrected chi connectivity index (χ3v) is 5.49. The van der Waals surface area contributed by atoms with Crippen LogP contribution >= 0.6 is 0 Å². The van der Waals surface area contributed by atoms with Crippen LogP contribution < -0.4 is 15.4 Å². The highest BCUT2D eigenvalue weighted by Crippen LogP contribution is 2.38. The molecule has 2 fully saturated rings. The number of hydrogen-bond acceptors (Lipinski definition) is 3. The van der Waals surface area contributed by atoms with Crippen molar-refractivity contribution in [3.63, 3.8) is 0 Å². The van der Waals surface area contributed by atoms with Gasteiger partial charge < -0.3 is 15.4 Å². The van der Waals surface area contributed by atoms with E-state index in [4.69, 9.17) is 10.5 Å². The van der Waals surface area contributed by atoms with Gasteiger partial charge in [-0.1, -0.05) is 6.42 Å². The molecule has 0 aromatic heterocycles. The normalized spacial score (nSPS) is 25.2. The number of rotatable bonds is 6. The summed E-state index contributed by atoms with van der Waals surface area (Å²) in [4.78, 5) is 15.0. The van der Waals surface area contributed by atoms with Crippen molar-refractivity contribution in [1.29, 1.82) is 0 Å². The molecule has 2 aliphatic rings. The van der Waals surface area contributed by atoms with E-state index in [1.54, 1.807) is 7.11 Å². The fourth-order valence-electron chi connectivity index (χ4n) is 3.78. The van der Waals surface area contributed by atoms with Gasteiger partial charge in [0.15, 0.2) is 0 Å². The first-order valence-electron chi connectivity index (χ1n) is 8.82. The Morgan fingerprint density at radius 2 is 1.96 bits per heavy atom. The molecule has 3 atom stereocenters. The van der Waals surface area contributed by atoms with E-state index in [-0.39, 0.29) is 18.0 Å². The highest BCUT2D eigenvalue weighted by atomic mass is 16.5. The molecule has 126 valence electrons. The molecule has 4 heteroatoms. The molecule has 0 aliphatic heterocycles. The Labute approximate surface area is 139 Å². The largest absolute Gasteiger partial charge is 0.497 e. The maximum atomic E-state index is 13.0. The molecule has 2 N–H and O–H groups in total. The highest BCUT2D eigenvalue weighted by molar-refractivity contribution is 5.94. The Balaban J connectivity index is 1.77. The van der Waals surface area contributed by atoms with Crippen LogP contribution in [0.5, 0.6) is 5.75 Å². The number of carbonyl (C=O) groups is 1. The lowest BCUT2D eigenvalue weighted by Crippen LogP contribution is -2.42. The summed E-state index contributed by atoms with van der Waals surface area (Å²) in [5.41, 5.74) is 7.14. The number of carbonyl (C=O) groups excluding carboxylic acids is 1. The Morgan fingerprint density at radius 1 is 1.26 bits per heavy atom. The van der Waals surface area contributed by atoms with Crippen molar-refractivity contribution in [3.05, 3.63) is 24.3 Å². The second kappa shape index (κ2) is 6.91. The minimum atomic E-state index is 0.188. The van der Waals surface area contributed by atoms with Crippen LogP contribution in [-0.4, -0.2) is 25.1 Å². The zero-order valence-electron chi connectivity index (χ0n) is 14.2. The van der Waals surface area contributed by atoms with Crippen LogP contribution in [0.4, 0.5) is 5.69 Å². The molecule has 0 bridgehead atoms. The van der Waals surface area contributed by atoms with Gasteiger partial charge in [-0.15, -0.1) is 0 Å². The number of nitrogens with zero attached hydrogens (tertiary/aromatic N) is 1. The number of benzene rings is 1. The second-order valence-corrected chi connectivity index (χ2v) is 7.10. The lowest BCUT2D eigenvalue weighted by atomic mass is 9.98. The third-order valence-electron chi connectivity index (χ3n) is 5.49. The summed E-state index contributed by atoms with van der Waals surface area (Å²) >= 11 is 0. The average molecular weight is 316 g/mol. The van der Waals surface area contributed by atoms with E-state index in [1.807, 2.05) is 29.2 Å². The Bertz CT molecular complexity index is 539. The molecular formula is C19H28N2O2. The summed E-state index contributed by atoms with van der Waals surface area (Å²) in [5.74, 6) is 2.02. The average Bonchev–Trinajstić information content (AvgIpc) is 3.33. The number of hydrogen-bond donors (Lipinski definition) is 1. The summed E-state index contributed by atoms with van der Waals surface area (Å²) in [6.45, 7) is 2.17. The fraction of sp³-hybridized carbons (Fsp3) is 0.632. The van der Waals surface area contributed by atoms with E-state index in [2.05, 4.69) is 6.92 Å². The molecule has 1 amide bonds. The fourth-order valence-corrected chi connectivity index (χ4v) is 3.78. The van der Waals surface area contributed by atoms with Crippen molar-refractivity contribution in [2.24, 2.45) is 17.6 Å². The van der Waals surface area contributed by atoms with E-state index in [1.165, 1.54) is 12.8 Å². The van der Waals surface area contributed by atoms with Crippen LogP contribution in [-0.2, 0) is 4.79 Å². The molecule has 2 aliphatic carbocycles. The molecule has 3 rings (SSSR count). The molecule has 23 heavy (non-hydrogen) atoms. The van der Waals surface area contributed by atoms with Gasteiger partial charge in [0.05, 0.1) is 7.11 Å². The number of ether oxygens (including phenoxy) is 1. The summed E-state index contributed by atoms with van der Waals surface area (Å²) in [6.07, 6.45) is 6.32. The number of methoxy groups -OCH3 is 1. The van der Waals surface area contributed by atoms with Crippen LogP contribution in [0, 0.1) is 11.8 Å². The predicted octanol–water partition coefficient (Wildman–Crippen LogP) is 3.34. The van der Waals surface area contributed by atoms with Gasteiger partial charge in [0.25, 0.3) is 0 Å². The molecule has 2 saturated carbocycles. The molecule has 0 heterocycles. The van der Waals surface area contributed by atoms with Gasteiger partial charge >= 0.3 is 0 Å². The number of amides is 1. The standard InChI is InChI=1S/C19H28N2O2/c1-13(14-6-7-14)21(16-8-10-17(23-2)11-9-16)19(22)12-15-4-3-5-18(15)20/h8-11,13-15,18H,3-7,12,20H2,1-2H3/t13?,15-,18+/m0/s1. The van der Waals surface area contributed by atoms with Gasteiger partial charge in [-0.3, -0.25) is 4.79 Å². The molecule has 0 saturated heterocycles. The van der Waals surface area contributed by atoms with Crippen LogP contribution in [0.25, 0.3) is 0 Å². The molecule has 1 aromatic rings. The van der Waals surface area contributed by atoms with Crippen LogP contribution in [0.1, 0.15) is 45.4 Å². The predicted molar refractivity (Wildman–Crippen MR) is 92.6 cm³/mol. The SMILES string of the molecule is COc1ccc(N(C(=O)C[C@@H]2CCC[C@H]2N)C(C)C2CC2)cc1. The zero-order valence-corrected chi connectivity index (χ0v) is 14.2. The topological polar surface area (TPSA) is 55.6 Å². The highest BCUT2D eigenvalue weighted by Gasteiger charge is 2.36. The first kappa shape index (κ1) is 16.3. The number of nitrogens with two attached hydrogens (primary N) is 1. The second-order valence-electron chi connectivity index (χ2n) is 7.10. The van der Waals surface area contributed by atoms with E-state index in [0.717, 1.165) is 30.7 Å². The Morgan fingerprint density at radius 3 is 2.48 bits per heavy atom. The smallest absolute Gasteiger partial charge is 0.227 e. The number of anilines is 1. The van der Waals surface area contributed by atoms with Gasteiger partial charge in [-0.2, -0.15) is 0 Å². The Hall–Kier alpha value is -1.55. The molecule has 1 unspecified atom stereocenters. The first-order valence-corrected chi connectivity index (χ1v) is 8.82. The van der Waals surface area contributed by atoms with Crippen molar-refractivity contribution in [3.8, 4) is 5.75 Å². The zero-order chi connectivity index (χ0) is 16.4. The van der Waals surface area contributed by atoms with Crippen molar-refractivity contribution >= 4 is 11.6 Å². The van der Waals surface area contributed by atoms with Crippen molar-refractivity contribution in [2.45, 2.75) is 57.5 Å². The maximum absolute atomic E-state index is 13.0. The van der Waals surface area contributed by atoms with Gasteiger partial charge in [0.1, 0.15) is 5.75 Å².